The summed E-state index contributed by atoms with van der Waals surface area (Å²) >= 11 is 1.51. The van der Waals surface area contributed by atoms with Crippen LogP contribution in [0.1, 0.15) is 10.7 Å². The Morgan fingerprint density at radius 3 is 2.95 bits per heavy atom. The van der Waals surface area contributed by atoms with E-state index in [1.807, 2.05) is 18.4 Å². The monoisotopic (exact) mass is 292 g/mol. The lowest BCUT2D eigenvalue weighted by Crippen LogP contribution is -2.31. The number of carbonyl (C=O) groups is 1. The molecule has 2 amide bonds. The van der Waals surface area contributed by atoms with Gasteiger partial charge < -0.3 is 9.64 Å². The third kappa shape index (κ3) is 3.45. The van der Waals surface area contributed by atoms with Crippen LogP contribution in [0.15, 0.2) is 23.7 Å². The maximum Gasteiger partial charge on any atom is 0.323 e. The van der Waals surface area contributed by atoms with Gasteiger partial charge in [0, 0.05) is 24.3 Å². The lowest BCUT2D eigenvalue weighted by molar-refractivity contribution is 0.220. The topological polar surface area (TPSA) is 67.3 Å². The Labute approximate surface area is 121 Å². The summed E-state index contributed by atoms with van der Waals surface area (Å²) in [5.74, 6) is 0.954. The zero-order chi connectivity index (χ0) is 14.5. The summed E-state index contributed by atoms with van der Waals surface area (Å²) in [5.41, 5.74) is 0.809. The predicted molar refractivity (Wildman–Crippen MR) is 78.1 cm³/mol. The van der Waals surface area contributed by atoms with Crippen molar-refractivity contribution in [1.82, 2.24) is 14.9 Å². The Bertz CT molecular complexity index is 586. The summed E-state index contributed by atoms with van der Waals surface area (Å²) in [7, 11) is 3.25. The van der Waals surface area contributed by atoms with Crippen LogP contribution in [0.4, 0.5) is 10.6 Å². The van der Waals surface area contributed by atoms with Gasteiger partial charge in [0.2, 0.25) is 0 Å². The molecule has 106 valence electrons. The maximum absolute atomic E-state index is 12.1. The summed E-state index contributed by atoms with van der Waals surface area (Å²) in [4.78, 5) is 22.1. The van der Waals surface area contributed by atoms with Crippen LogP contribution in [0, 0.1) is 6.92 Å². The minimum Gasteiger partial charge on any atom is -0.493 e. The first-order chi connectivity index (χ1) is 9.60. The summed E-state index contributed by atoms with van der Waals surface area (Å²) in [6.45, 7) is 2.31. The van der Waals surface area contributed by atoms with Crippen LogP contribution in [0.3, 0.4) is 0 Å². The van der Waals surface area contributed by atoms with Gasteiger partial charge in [-0.15, -0.1) is 11.3 Å². The van der Waals surface area contributed by atoms with Gasteiger partial charge in [0.05, 0.1) is 13.7 Å². The van der Waals surface area contributed by atoms with E-state index in [-0.39, 0.29) is 6.03 Å². The zero-order valence-corrected chi connectivity index (χ0v) is 12.4. The third-order valence-corrected chi connectivity index (χ3v) is 3.41. The fourth-order valence-corrected chi connectivity index (χ4v) is 2.27. The summed E-state index contributed by atoms with van der Waals surface area (Å²) in [5, 5.41) is 5.50. The number of methoxy groups -OCH3 is 1. The van der Waals surface area contributed by atoms with Gasteiger partial charge in [-0.05, 0) is 19.1 Å². The molecule has 0 saturated heterocycles. The molecule has 20 heavy (non-hydrogen) atoms. The van der Waals surface area contributed by atoms with Gasteiger partial charge in [-0.3, -0.25) is 5.32 Å². The molecule has 0 aliphatic rings. The minimum absolute atomic E-state index is 0.253. The molecule has 2 rings (SSSR count). The molecule has 0 spiro atoms. The smallest absolute Gasteiger partial charge is 0.323 e. The first kappa shape index (κ1) is 14.3. The van der Waals surface area contributed by atoms with Crippen molar-refractivity contribution in [3.8, 4) is 5.75 Å². The highest BCUT2D eigenvalue weighted by Gasteiger charge is 2.14. The van der Waals surface area contributed by atoms with E-state index in [2.05, 4.69) is 15.3 Å². The molecule has 0 bridgehead atoms. The van der Waals surface area contributed by atoms with Crippen LogP contribution in [-0.2, 0) is 6.54 Å². The van der Waals surface area contributed by atoms with E-state index in [0.717, 1.165) is 10.7 Å². The normalized spacial score (nSPS) is 10.2. The van der Waals surface area contributed by atoms with E-state index in [1.165, 1.54) is 11.3 Å². The molecule has 0 aromatic carbocycles. The number of amides is 2. The highest BCUT2D eigenvalue weighted by atomic mass is 32.1. The zero-order valence-electron chi connectivity index (χ0n) is 11.6. The van der Waals surface area contributed by atoms with Gasteiger partial charge in [0.25, 0.3) is 0 Å². The molecule has 2 aromatic rings. The van der Waals surface area contributed by atoms with Crippen molar-refractivity contribution in [1.29, 1.82) is 0 Å². The molecule has 6 nitrogen and oxygen atoms in total. The average molecular weight is 292 g/mol. The lowest BCUT2D eigenvalue weighted by Gasteiger charge is -2.17. The molecule has 1 N–H and O–H groups in total. The molecule has 0 atom stereocenters. The number of anilines is 1. The van der Waals surface area contributed by atoms with E-state index in [1.54, 1.807) is 31.3 Å². The quantitative estimate of drug-likeness (QED) is 0.940. The Hall–Kier alpha value is -2.15. The summed E-state index contributed by atoms with van der Waals surface area (Å²) < 4.78 is 5.18. The second-order valence-electron chi connectivity index (χ2n) is 4.22. The number of ether oxygens (including phenoxy) is 1. The van der Waals surface area contributed by atoms with E-state index in [4.69, 9.17) is 4.74 Å². The van der Waals surface area contributed by atoms with Crippen molar-refractivity contribution in [3.63, 3.8) is 0 Å². The first-order valence-corrected chi connectivity index (χ1v) is 6.90. The van der Waals surface area contributed by atoms with Crippen molar-refractivity contribution in [3.05, 3.63) is 34.4 Å². The summed E-state index contributed by atoms with van der Waals surface area (Å²) in [6.07, 6.45) is 1.72. The number of hydrogen-bond acceptors (Lipinski definition) is 5. The van der Waals surface area contributed by atoms with E-state index in [0.29, 0.717) is 18.1 Å². The Kier molecular flexibility index (Phi) is 4.52. The number of aromatic nitrogens is 2. The second kappa shape index (κ2) is 6.33. The first-order valence-electron chi connectivity index (χ1n) is 6.02. The van der Waals surface area contributed by atoms with Gasteiger partial charge in [-0.2, -0.15) is 0 Å². The third-order valence-electron chi connectivity index (χ3n) is 2.65. The standard InChI is InChI=1S/C13H16N4O2S/c1-9-4-5-10(19-3)12(15-9)16-13(18)17(2)8-11-14-6-7-20-11/h4-7H,8H2,1-3H3,(H,15,16,18). The number of urea groups is 1. The predicted octanol–water partition coefficient (Wildman–Crippen LogP) is 2.52. The number of hydrogen-bond donors (Lipinski definition) is 1. The van der Waals surface area contributed by atoms with Crippen LogP contribution < -0.4 is 10.1 Å². The van der Waals surface area contributed by atoms with Crippen LogP contribution >= 0.6 is 11.3 Å². The number of aryl methyl sites for hydroxylation is 1. The molecule has 7 heteroatoms. The number of pyridine rings is 1. The van der Waals surface area contributed by atoms with Crippen LogP contribution in [0.5, 0.6) is 5.75 Å². The van der Waals surface area contributed by atoms with Crippen LogP contribution in [0.2, 0.25) is 0 Å². The highest BCUT2D eigenvalue weighted by molar-refractivity contribution is 7.09. The van der Waals surface area contributed by atoms with Gasteiger partial charge >= 0.3 is 6.03 Å². The molecule has 2 aromatic heterocycles. The van der Waals surface area contributed by atoms with Gasteiger partial charge in [0.1, 0.15) is 5.01 Å². The van der Waals surface area contributed by atoms with E-state index >= 15 is 0 Å². The van der Waals surface area contributed by atoms with Crippen LogP contribution in [0.25, 0.3) is 0 Å². The minimum atomic E-state index is -0.253. The molecule has 0 fully saturated rings. The van der Waals surface area contributed by atoms with Crippen molar-refractivity contribution < 1.29 is 9.53 Å². The SMILES string of the molecule is COc1ccc(C)nc1NC(=O)N(C)Cc1nccs1. The van der Waals surface area contributed by atoms with Crippen molar-refractivity contribution in [2.24, 2.45) is 0 Å². The van der Waals surface area contributed by atoms with Crippen LogP contribution in [-0.4, -0.2) is 35.1 Å². The Morgan fingerprint density at radius 2 is 2.30 bits per heavy atom. The van der Waals surface area contributed by atoms with Crippen molar-refractivity contribution in [2.75, 3.05) is 19.5 Å². The molecule has 0 unspecified atom stereocenters. The molecular weight excluding hydrogens is 276 g/mol. The van der Waals surface area contributed by atoms with Gasteiger partial charge in [-0.25, -0.2) is 14.8 Å². The van der Waals surface area contributed by atoms with E-state index < -0.39 is 0 Å². The fraction of sp³-hybridized carbons (Fsp3) is 0.308. The number of nitrogens with zero attached hydrogens (tertiary/aromatic N) is 3. The second-order valence-corrected chi connectivity index (χ2v) is 5.19. The average Bonchev–Trinajstić information content (AvgIpc) is 2.91. The Morgan fingerprint density at radius 1 is 1.50 bits per heavy atom. The highest BCUT2D eigenvalue weighted by Crippen LogP contribution is 2.22. The Balaban J connectivity index is 2.05. The van der Waals surface area contributed by atoms with Crippen molar-refractivity contribution in [2.45, 2.75) is 13.5 Å². The van der Waals surface area contributed by atoms with Crippen molar-refractivity contribution >= 4 is 23.2 Å². The fourth-order valence-electron chi connectivity index (χ4n) is 1.60. The molecule has 0 aliphatic heterocycles. The number of rotatable bonds is 4. The largest absolute Gasteiger partial charge is 0.493 e. The number of nitrogens with one attached hydrogen (secondary N) is 1. The summed E-state index contributed by atoms with van der Waals surface area (Å²) in [6, 6.07) is 3.35. The molecular formula is C13H16N4O2S. The lowest BCUT2D eigenvalue weighted by atomic mass is 10.3. The molecule has 0 saturated carbocycles. The number of carbonyl (C=O) groups excluding carboxylic acids is 1. The molecule has 0 radical (unpaired) electrons. The van der Waals surface area contributed by atoms with E-state index in [9.17, 15) is 4.79 Å². The molecule has 0 aliphatic carbocycles. The molecule has 2 heterocycles. The van der Waals surface area contributed by atoms with Gasteiger partial charge in [-0.1, -0.05) is 0 Å². The number of thiazole rings is 1. The van der Waals surface area contributed by atoms with Gasteiger partial charge in [0.15, 0.2) is 11.6 Å². The maximum atomic E-state index is 12.1.